The summed E-state index contributed by atoms with van der Waals surface area (Å²) < 4.78 is 5.48. The van der Waals surface area contributed by atoms with Gasteiger partial charge in [0.1, 0.15) is 0 Å². The first-order valence-electron chi connectivity index (χ1n) is 7.66. The molecule has 1 atom stereocenters. The molecule has 114 valence electrons. The normalized spacial score (nSPS) is 13.0. The minimum atomic E-state index is -0.472. The summed E-state index contributed by atoms with van der Waals surface area (Å²) in [7, 11) is 0. The highest BCUT2D eigenvalue weighted by Gasteiger charge is 2.07. The van der Waals surface area contributed by atoms with Gasteiger partial charge in [-0.3, -0.25) is 0 Å². The van der Waals surface area contributed by atoms with Crippen molar-refractivity contribution >= 4 is 10.8 Å². The Hall–Kier alpha value is -1.42. The quantitative estimate of drug-likeness (QED) is 0.732. The molecule has 2 aromatic carbocycles. The molecule has 0 fully saturated rings. The summed E-state index contributed by atoms with van der Waals surface area (Å²) in [5.41, 5.74) is 0.958. The highest BCUT2D eigenvalue weighted by atomic mass is 16.5. The van der Waals surface area contributed by atoms with Crippen LogP contribution in [-0.2, 0) is 4.74 Å². The molecule has 0 heterocycles. The summed E-state index contributed by atoms with van der Waals surface area (Å²) in [6.45, 7) is 6.27. The van der Waals surface area contributed by atoms with Crippen LogP contribution in [0, 0.1) is 0 Å². The zero-order valence-corrected chi connectivity index (χ0v) is 12.9. The van der Waals surface area contributed by atoms with E-state index >= 15 is 0 Å². The molecule has 0 aromatic heterocycles. The standard InChI is InChI=1S/C18H25NO2/c1-14(2)21-11-5-10-19-13-18(20)17-9-8-15-6-3-4-7-16(15)12-17/h3-4,6-9,12,14,18-20H,5,10-11,13H2,1-2H3. The molecule has 0 aliphatic carbocycles. The zero-order chi connectivity index (χ0) is 15.1. The summed E-state index contributed by atoms with van der Waals surface area (Å²) in [5, 5.41) is 15.9. The van der Waals surface area contributed by atoms with Gasteiger partial charge in [0.05, 0.1) is 12.2 Å². The van der Waals surface area contributed by atoms with Crippen molar-refractivity contribution in [2.24, 2.45) is 0 Å². The highest BCUT2D eigenvalue weighted by Crippen LogP contribution is 2.19. The van der Waals surface area contributed by atoms with Crippen molar-refractivity contribution in [1.82, 2.24) is 5.32 Å². The number of hydrogen-bond donors (Lipinski definition) is 2. The molecule has 0 amide bonds. The van der Waals surface area contributed by atoms with Crippen LogP contribution < -0.4 is 5.32 Å². The van der Waals surface area contributed by atoms with Crippen molar-refractivity contribution in [2.75, 3.05) is 19.7 Å². The van der Waals surface area contributed by atoms with Crippen molar-refractivity contribution in [1.29, 1.82) is 0 Å². The van der Waals surface area contributed by atoms with Crippen LogP contribution in [0.3, 0.4) is 0 Å². The van der Waals surface area contributed by atoms with Crippen LogP contribution in [0.5, 0.6) is 0 Å². The predicted molar refractivity (Wildman–Crippen MR) is 87.5 cm³/mol. The topological polar surface area (TPSA) is 41.5 Å². The summed E-state index contributed by atoms with van der Waals surface area (Å²) in [5.74, 6) is 0. The molecule has 21 heavy (non-hydrogen) atoms. The maximum absolute atomic E-state index is 10.2. The molecule has 1 unspecified atom stereocenters. The molecular weight excluding hydrogens is 262 g/mol. The Labute approximate surface area is 126 Å². The van der Waals surface area contributed by atoms with Crippen molar-refractivity contribution in [2.45, 2.75) is 32.5 Å². The first-order chi connectivity index (χ1) is 10.2. The molecule has 0 aliphatic heterocycles. The second-order valence-corrected chi connectivity index (χ2v) is 5.60. The van der Waals surface area contributed by atoms with E-state index < -0.39 is 6.10 Å². The second kappa shape index (κ2) is 8.13. The van der Waals surface area contributed by atoms with E-state index in [1.807, 2.05) is 32.0 Å². The van der Waals surface area contributed by atoms with Crippen LogP contribution >= 0.6 is 0 Å². The molecule has 0 bridgehead atoms. The summed E-state index contributed by atoms with van der Waals surface area (Å²) in [6, 6.07) is 14.3. The minimum absolute atomic E-state index is 0.285. The molecule has 0 saturated carbocycles. The van der Waals surface area contributed by atoms with Gasteiger partial charge >= 0.3 is 0 Å². The van der Waals surface area contributed by atoms with Crippen LogP contribution in [0.1, 0.15) is 31.9 Å². The third-order valence-electron chi connectivity index (χ3n) is 3.45. The summed E-state index contributed by atoms with van der Waals surface area (Å²) >= 11 is 0. The smallest absolute Gasteiger partial charge is 0.0914 e. The van der Waals surface area contributed by atoms with E-state index in [1.165, 1.54) is 10.8 Å². The molecule has 2 aromatic rings. The fraction of sp³-hybridized carbons (Fsp3) is 0.444. The van der Waals surface area contributed by atoms with Gasteiger partial charge < -0.3 is 15.2 Å². The van der Waals surface area contributed by atoms with Gasteiger partial charge in [0.2, 0.25) is 0 Å². The Kier molecular flexibility index (Phi) is 6.18. The largest absolute Gasteiger partial charge is 0.387 e. The minimum Gasteiger partial charge on any atom is -0.387 e. The average molecular weight is 287 g/mol. The molecule has 0 radical (unpaired) electrons. The lowest BCUT2D eigenvalue weighted by atomic mass is 10.0. The number of fused-ring (bicyclic) bond motifs is 1. The third kappa shape index (κ3) is 5.12. The van der Waals surface area contributed by atoms with Gasteiger partial charge in [0, 0.05) is 13.2 Å². The van der Waals surface area contributed by atoms with E-state index in [9.17, 15) is 5.11 Å². The van der Waals surface area contributed by atoms with Gasteiger partial charge in [-0.2, -0.15) is 0 Å². The van der Waals surface area contributed by atoms with Crippen LogP contribution in [0.15, 0.2) is 42.5 Å². The van der Waals surface area contributed by atoms with Crippen LogP contribution in [0.2, 0.25) is 0 Å². The van der Waals surface area contributed by atoms with E-state index in [0.29, 0.717) is 6.54 Å². The number of ether oxygens (including phenoxy) is 1. The Bertz CT molecular complexity index is 554. The number of aliphatic hydroxyl groups is 1. The lowest BCUT2D eigenvalue weighted by Gasteiger charge is -2.13. The van der Waals surface area contributed by atoms with E-state index in [-0.39, 0.29) is 6.10 Å². The van der Waals surface area contributed by atoms with Crippen molar-refractivity contribution < 1.29 is 9.84 Å². The molecule has 3 heteroatoms. The van der Waals surface area contributed by atoms with Crippen molar-refractivity contribution in [3.05, 3.63) is 48.0 Å². The summed E-state index contributed by atoms with van der Waals surface area (Å²) in [6.07, 6.45) is 0.775. The second-order valence-electron chi connectivity index (χ2n) is 5.60. The van der Waals surface area contributed by atoms with Crippen molar-refractivity contribution in [3.8, 4) is 0 Å². The van der Waals surface area contributed by atoms with Crippen molar-refractivity contribution in [3.63, 3.8) is 0 Å². The Balaban J connectivity index is 1.78. The molecule has 3 nitrogen and oxygen atoms in total. The summed E-state index contributed by atoms with van der Waals surface area (Å²) in [4.78, 5) is 0. The van der Waals surface area contributed by atoms with Gasteiger partial charge in [-0.25, -0.2) is 0 Å². The van der Waals surface area contributed by atoms with Gasteiger partial charge in [-0.15, -0.1) is 0 Å². The zero-order valence-electron chi connectivity index (χ0n) is 12.9. The number of hydrogen-bond acceptors (Lipinski definition) is 3. The lowest BCUT2D eigenvalue weighted by Crippen LogP contribution is -2.23. The maximum Gasteiger partial charge on any atom is 0.0914 e. The first-order valence-corrected chi connectivity index (χ1v) is 7.66. The van der Waals surface area contributed by atoms with E-state index in [2.05, 4.69) is 29.6 Å². The SMILES string of the molecule is CC(C)OCCCNCC(O)c1ccc2ccccc2c1. The number of rotatable bonds is 8. The van der Waals surface area contributed by atoms with Gasteiger partial charge in [-0.05, 0) is 49.2 Å². The number of nitrogens with one attached hydrogen (secondary N) is 1. The predicted octanol–water partition coefficient (Wildman–Crippen LogP) is 3.28. The van der Waals surface area contributed by atoms with E-state index in [0.717, 1.165) is 25.1 Å². The van der Waals surface area contributed by atoms with Gasteiger partial charge in [0.15, 0.2) is 0 Å². The third-order valence-corrected chi connectivity index (χ3v) is 3.45. The van der Waals surface area contributed by atoms with Gasteiger partial charge in [-0.1, -0.05) is 36.4 Å². The number of benzene rings is 2. The Morgan fingerprint density at radius 2 is 1.86 bits per heavy atom. The monoisotopic (exact) mass is 287 g/mol. The molecule has 2 N–H and O–H groups in total. The van der Waals surface area contributed by atoms with Crippen LogP contribution in [-0.4, -0.2) is 30.9 Å². The Morgan fingerprint density at radius 3 is 2.62 bits per heavy atom. The lowest BCUT2D eigenvalue weighted by molar-refractivity contribution is 0.0763. The highest BCUT2D eigenvalue weighted by molar-refractivity contribution is 5.83. The first kappa shape index (κ1) is 16.0. The van der Waals surface area contributed by atoms with Crippen LogP contribution in [0.25, 0.3) is 10.8 Å². The maximum atomic E-state index is 10.2. The average Bonchev–Trinajstić information content (AvgIpc) is 2.49. The Morgan fingerprint density at radius 1 is 1.10 bits per heavy atom. The molecule has 0 spiro atoms. The molecule has 0 aliphatic rings. The molecular formula is C18H25NO2. The van der Waals surface area contributed by atoms with E-state index in [1.54, 1.807) is 0 Å². The molecule has 0 saturated heterocycles. The van der Waals surface area contributed by atoms with Crippen LogP contribution in [0.4, 0.5) is 0 Å². The fourth-order valence-electron chi connectivity index (χ4n) is 2.29. The van der Waals surface area contributed by atoms with E-state index in [4.69, 9.17) is 4.74 Å². The van der Waals surface area contributed by atoms with Gasteiger partial charge in [0.25, 0.3) is 0 Å². The molecule has 2 rings (SSSR count). The number of aliphatic hydroxyl groups excluding tert-OH is 1. The fourth-order valence-corrected chi connectivity index (χ4v) is 2.29.